The Labute approximate surface area is 215 Å². The van der Waals surface area contributed by atoms with E-state index in [1.807, 2.05) is 65.5 Å². The van der Waals surface area contributed by atoms with Gasteiger partial charge in [-0.3, -0.25) is 4.68 Å². The highest BCUT2D eigenvalue weighted by Gasteiger charge is 2.26. The normalized spacial score (nSPS) is 11.5. The minimum atomic E-state index is -0.871. The van der Waals surface area contributed by atoms with E-state index in [-0.39, 0.29) is 6.54 Å². The number of hydrogen-bond donors (Lipinski definition) is 1. The number of nitrogens with two attached hydrogens (primary N) is 1. The molecule has 0 aliphatic carbocycles. The van der Waals surface area contributed by atoms with Gasteiger partial charge < -0.3 is 10.5 Å². The van der Waals surface area contributed by atoms with Crippen LogP contribution in [0, 0.1) is 0 Å². The van der Waals surface area contributed by atoms with E-state index in [1.54, 1.807) is 20.8 Å². The third kappa shape index (κ3) is 5.21. The summed E-state index contributed by atoms with van der Waals surface area (Å²) in [6, 6.07) is 18.7. The maximum Gasteiger partial charge on any atom is 0.418 e. The van der Waals surface area contributed by atoms with Crippen molar-refractivity contribution < 1.29 is 14.3 Å². The average molecular weight is 505 g/mol. The van der Waals surface area contributed by atoms with E-state index in [9.17, 15) is 9.59 Å². The van der Waals surface area contributed by atoms with E-state index in [0.717, 1.165) is 50.2 Å². The number of rotatable bonds is 5. The van der Waals surface area contributed by atoms with Crippen LogP contribution in [0.3, 0.4) is 0 Å². The van der Waals surface area contributed by atoms with Crippen molar-refractivity contribution in [1.82, 2.24) is 14.7 Å². The molecule has 7 nitrogen and oxygen atoms in total. The molecule has 2 N–H and O–H groups in total. The Bertz CT molecular complexity index is 1420. The standard InChI is InChI=1S/C28H29ClN4O3/c1-5-33-24-11-7-9-21(23(24)16-31-33)22-10-6-8-20(25(22)29)19-14-12-18(13-15-19)17-32(26(30)34)27(35)36-28(2,3)4/h6-16H,5,17H2,1-4H3,(H2,30,34). The number of carbonyl (C=O) groups is 2. The van der Waals surface area contributed by atoms with Crippen molar-refractivity contribution in [3.05, 3.63) is 77.4 Å². The van der Waals surface area contributed by atoms with E-state index < -0.39 is 17.7 Å². The largest absolute Gasteiger partial charge is 0.443 e. The molecule has 3 aromatic carbocycles. The van der Waals surface area contributed by atoms with E-state index in [1.165, 1.54) is 0 Å². The summed E-state index contributed by atoms with van der Waals surface area (Å²) in [6.45, 7) is 8.04. The zero-order chi connectivity index (χ0) is 26.0. The topological polar surface area (TPSA) is 90.5 Å². The van der Waals surface area contributed by atoms with Crippen LogP contribution in [0.1, 0.15) is 33.3 Å². The third-order valence-electron chi connectivity index (χ3n) is 5.76. The van der Waals surface area contributed by atoms with Crippen molar-refractivity contribution in [3.63, 3.8) is 0 Å². The zero-order valence-corrected chi connectivity index (χ0v) is 21.5. The minimum Gasteiger partial charge on any atom is -0.443 e. The van der Waals surface area contributed by atoms with Gasteiger partial charge in [-0.25, -0.2) is 14.5 Å². The lowest BCUT2D eigenvalue weighted by atomic mass is 9.96. The number of carbonyl (C=O) groups excluding carboxylic acids is 2. The van der Waals surface area contributed by atoms with Crippen molar-refractivity contribution >= 4 is 34.6 Å². The fourth-order valence-corrected chi connectivity index (χ4v) is 4.41. The number of halogens is 1. The van der Waals surface area contributed by atoms with Crippen LogP contribution >= 0.6 is 11.6 Å². The summed E-state index contributed by atoms with van der Waals surface area (Å²) in [6.07, 6.45) is 1.09. The Morgan fingerprint density at radius 3 is 2.28 bits per heavy atom. The number of fused-ring (bicyclic) bond motifs is 1. The molecule has 0 radical (unpaired) electrons. The molecule has 0 aliphatic heterocycles. The Morgan fingerprint density at radius 1 is 1.00 bits per heavy atom. The fourth-order valence-electron chi connectivity index (χ4n) is 4.07. The van der Waals surface area contributed by atoms with Crippen molar-refractivity contribution in [3.8, 4) is 22.3 Å². The molecule has 0 aliphatic rings. The van der Waals surface area contributed by atoms with Gasteiger partial charge >= 0.3 is 12.1 Å². The summed E-state index contributed by atoms with van der Waals surface area (Å²) in [4.78, 5) is 25.2. The van der Waals surface area contributed by atoms with Gasteiger partial charge in [0.1, 0.15) is 5.60 Å². The lowest BCUT2D eigenvalue weighted by molar-refractivity contribution is 0.0316. The van der Waals surface area contributed by atoms with Crippen molar-refractivity contribution in [1.29, 1.82) is 0 Å². The first-order chi connectivity index (χ1) is 17.1. The molecule has 36 heavy (non-hydrogen) atoms. The monoisotopic (exact) mass is 504 g/mol. The molecule has 8 heteroatoms. The summed E-state index contributed by atoms with van der Waals surface area (Å²) in [5, 5.41) is 6.17. The van der Waals surface area contributed by atoms with E-state index >= 15 is 0 Å². The number of hydrogen-bond acceptors (Lipinski definition) is 4. The predicted molar refractivity (Wildman–Crippen MR) is 143 cm³/mol. The van der Waals surface area contributed by atoms with Crippen molar-refractivity contribution in [2.75, 3.05) is 0 Å². The molecular weight excluding hydrogens is 476 g/mol. The Kier molecular flexibility index (Phi) is 7.04. The summed E-state index contributed by atoms with van der Waals surface area (Å²) >= 11 is 6.93. The molecule has 0 saturated carbocycles. The predicted octanol–water partition coefficient (Wildman–Crippen LogP) is 6.86. The van der Waals surface area contributed by atoms with Crippen LogP contribution in [0.5, 0.6) is 0 Å². The number of ether oxygens (including phenoxy) is 1. The smallest absolute Gasteiger partial charge is 0.418 e. The maximum absolute atomic E-state index is 12.4. The van der Waals surface area contributed by atoms with Gasteiger partial charge in [-0.15, -0.1) is 0 Å². The highest BCUT2D eigenvalue weighted by atomic mass is 35.5. The molecule has 0 bridgehead atoms. The SMILES string of the molecule is CCn1ncc2c(-c3cccc(-c4ccc(CN(C(N)=O)C(=O)OC(C)(C)C)cc4)c3Cl)cccc21. The second kappa shape index (κ2) is 10.0. The van der Waals surface area contributed by atoms with Crippen LogP contribution in [0.25, 0.3) is 33.2 Å². The fraction of sp³-hybridized carbons (Fsp3) is 0.250. The van der Waals surface area contributed by atoms with Crippen molar-refractivity contribution in [2.24, 2.45) is 5.73 Å². The van der Waals surface area contributed by atoms with Crippen LogP contribution in [0.4, 0.5) is 9.59 Å². The maximum atomic E-state index is 12.4. The minimum absolute atomic E-state index is 0.00170. The average Bonchev–Trinajstić information content (AvgIpc) is 3.25. The number of benzene rings is 3. The van der Waals surface area contributed by atoms with Crippen LogP contribution in [-0.2, 0) is 17.8 Å². The van der Waals surface area contributed by atoms with Gasteiger partial charge in [-0.1, -0.05) is 66.2 Å². The Balaban J connectivity index is 1.63. The molecule has 4 aromatic rings. The molecule has 0 fully saturated rings. The van der Waals surface area contributed by atoms with Crippen LogP contribution in [0.2, 0.25) is 5.02 Å². The van der Waals surface area contributed by atoms with Gasteiger partial charge in [0.2, 0.25) is 0 Å². The molecule has 1 heterocycles. The van der Waals surface area contributed by atoms with Gasteiger partial charge in [0.25, 0.3) is 0 Å². The number of amides is 3. The Morgan fingerprint density at radius 2 is 1.64 bits per heavy atom. The molecule has 0 spiro atoms. The molecule has 0 unspecified atom stereocenters. The van der Waals surface area contributed by atoms with Crippen LogP contribution < -0.4 is 5.73 Å². The van der Waals surface area contributed by atoms with E-state index in [0.29, 0.717) is 5.02 Å². The van der Waals surface area contributed by atoms with E-state index in [4.69, 9.17) is 22.1 Å². The summed E-state index contributed by atoms with van der Waals surface area (Å²) in [5.74, 6) is 0. The van der Waals surface area contributed by atoms with Gasteiger partial charge in [0.05, 0.1) is 23.3 Å². The molecule has 1 aromatic heterocycles. The molecule has 4 rings (SSSR count). The lowest BCUT2D eigenvalue weighted by Gasteiger charge is -2.25. The van der Waals surface area contributed by atoms with Gasteiger partial charge in [-0.2, -0.15) is 5.10 Å². The highest BCUT2D eigenvalue weighted by Crippen LogP contribution is 2.39. The number of aryl methyl sites for hydroxylation is 1. The van der Waals surface area contributed by atoms with Crippen LogP contribution in [0.15, 0.2) is 66.9 Å². The molecule has 3 amide bonds. The van der Waals surface area contributed by atoms with Gasteiger partial charge in [0.15, 0.2) is 0 Å². The van der Waals surface area contributed by atoms with Crippen LogP contribution in [-0.4, -0.2) is 32.4 Å². The first kappa shape index (κ1) is 25.3. The second-order valence-corrected chi connectivity index (χ2v) is 9.85. The summed E-state index contributed by atoms with van der Waals surface area (Å²) < 4.78 is 7.26. The zero-order valence-electron chi connectivity index (χ0n) is 20.8. The van der Waals surface area contributed by atoms with Gasteiger partial charge in [0, 0.05) is 23.1 Å². The number of aromatic nitrogens is 2. The number of urea groups is 1. The highest BCUT2D eigenvalue weighted by molar-refractivity contribution is 6.36. The lowest BCUT2D eigenvalue weighted by Crippen LogP contribution is -2.43. The molecule has 186 valence electrons. The van der Waals surface area contributed by atoms with Crippen molar-refractivity contribution in [2.45, 2.75) is 46.4 Å². The number of imide groups is 1. The number of nitrogens with zero attached hydrogens (tertiary/aromatic N) is 3. The first-order valence-corrected chi connectivity index (χ1v) is 12.1. The molecule has 0 saturated heterocycles. The van der Waals surface area contributed by atoms with Gasteiger partial charge in [-0.05, 0) is 50.5 Å². The Hall–Kier alpha value is -3.84. The molecular formula is C28H29ClN4O3. The quantitative estimate of drug-likeness (QED) is 0.321. The summed E-state index contributed by atoms with van der Waals surface area (Å²) in [5.41, 5.74) is 10.2. The summed E-state index contributed by atoms with van der Waals surface area (Å²) in [7, 11) is 0. The number of primary amides is 1. The third-order valence-corrected chi connectivity index (χ3v) is 6.17. The molecule has 0 atom stereocenters. The first-order valence-electron chi connectivity index (χ1n) is 11.7. The van der Waals surface area contributed by atoms with E-state index in [2.05, 4.69) is 18.1 Å². The second-order valence-electron chi connectivity index (χ2n) is 9.47.